The van der Waals surface area contributed by atoms with Crippen LogP contribution in [0.4, 0.5) is 4.79 Å². The summed E-state index contributed by atoms with van der Waals surface area (Å²) in [5, 5.41) is 4.71. The van der Waals surface area contributed by atoms with Gasteiger partial charge in [-0.1, -0.05) is 60.7 Å². The van der Waals surface area contributed by atoms with Crippen molar-refractivity contribution in [1.82, 2.24) is 10.6 Å². The zero-order valence-corrected chi connectivity index (χ0v) is 15.6. The van der Waals surface area contributed by atoms with Gasteiger partial charge in [0.15, 0.2) is 6.10 Å². The van der Waals surface area contributed by atoms with Crippen LogP contribution in [0.2, 0.25) is 0 Å². The van der Waals surface area contributed by atoms with Gasteiger partial charge in [-0.25, -0.2) is 4.79 Å². The Hall–Kier alpha value is -3.15. The molecule has 142 valence electrons. The number of benzene rings is 2. The molecule has 0 fully saturated rings. The van der Waals surface area contributed by atoms with Crippen molar-refractivity contribution in [3.8, 4) is 0 Å². The van der Waals surface area contributed by atoms with Crippen molar-refractivity contribution >= 4 is 17.9 Å². The first-order chi connectivity index (χ1) is 12.9. The first kappa shape index (κ1) is 20.2. The average Bonchev–Trinajstić information content (AvgIpc) is 2.63. The van der Waals surface area contributed by atoms with Crippen LogP contribution in [0, 0.1) is 0 Å². The third-order valence-electron chi connectivity index (χ3n) is 3.82. The van der Waals surface area contributed by atoms with Crippen molar-refractivity contribution in [2.45, 2.75) is 38.8 Å². The summed E-state index contributed by atoms with van der Waals surface area (Å²) in [4.78, 5) is 36.6. The summed E-state index contributed by atoms with van der Waals surface area (Å²) in [6, 6.07) is 17.7. The Kier molecular flexibility index (Phi) is 7.11. The smallest absolute Gasteiger partial charge is 0.321 e. The van der Waals surface area contributed by atoms with Crippen LogP contribution < -0.4 is 10.6 Å². The second-order valence-electron chi connectivity index (χ2n) is 6.45. The summed E-state index contributed by atoms with van der Waals surface area (Å²) in [7, 11) is 0. The van der Waals surface area contributed by atoms with E-state index in [1.807, 2.05) is 60.7 Å². The second kappa shape index (κ2) is 9.52. The molecule has 0 aromatic heterocycles. The first-order valence-corrected chi connectivity index (χ1v) is 8.80. The second-order valence-corrected chi connectivity index (χ2v) is 6.45. The lowest BCUT2D eigenvalue weighted by atomic mass is 9.91. The fourth-order valence-corrected chi connectivity index (χ4v) is 2.56. The Morgan fingerprint density at radius 3 is 1.74 bits per heavy atom. The van der Waals surface area contributed by atoms with Crippen LogP contribution in [0.25, 0.3) is 0 Å². The Morgan fingerprint density at radius 2 is 1.30 bits per heavy atom. The lowest BCUT2D eigenvalue weighted by Crippen LogP contribution is -2.46. The molecule has 27 heavy (non-hydrogen) atoms. The zero-order valence-electron chi connectivity index (χ0n) is 15.6. The highest BCUT2D eigenvalue weighted by molar-refractivity contribution is 5.97. The quantitative estimate of drug-likeness (QED) is 0.768. The SMILES string of the molecule is CC(C)NC(=O)NC(=O)C(C)OC(=O)C(c1ccccc1)c1ccccc1. The predicted molar refractivity (Wildman–Crippen MR) is 102 cm³/mol. The number of nitrogens with one attached hydrogen (secondary N) is 2. The molecule has 0 aliphatic carbocycles. The molecular formula is C21H24N2O4. The van der Waals surface area contributed by atoms with E-state index in [9.17, 15) is 14.4 Å². The number of rotatable bonds is 6. The van der Waals surface area contributed by atoms with E-state index >= 15 is 0 Å². The molecule has 0 radical (unpaired) electrons. The number of ether oxygens (including phenoxy) is 1. The third kappa shape index (κ3) is 5.95. The van der Waals surface area contributed by atoms with Crippen molar-refractivity contribution < 1.29 is 19.1 Å². The topological polar surface area (TPSA) is 84.5 Å². The minimum atomic E-state index is -1.11. The normalized spacial score (nSPS) is 11.7. The molecule has 6 heteroatoms. The van der Waals surface area contributed by atoms with Gasteiger partial charge in [0.25, 0.3) is 5.91 Å². The number of urea groups is 1. The zero-order chi connectivity index (χ0) is 19.8. The highest BCUT2D eigenvalue weighted by atomic mass is 16.5. The van der Waals surface area contributed by atoms with Gasteiger partial charge in [-0.3, -0.25) is 14.9 Å². The van der Waals surface area contributed by atoms with Gasteiger partial charge in [0.1, 0.15) is 5.92 Å². The predicted octanol–water partition coefficient (Wildman–Crippen LogP) is 2.98. The summed E-state index contributed by atoms with van der Waals surface area (Å²) in [6.07, 6.45) is -1.11. The van der Waals surface area contributed by atoms with E-state index in [2.05, 4.69) is 10.6 Å². The standard InChI is InChI=1S/C21H24N2O4/c1-14(2)22-21(26)23-19(24)15(3)27-20(25)18(16-10-6-4-7-11-16)17-12-8-5-9-13-17/h4-15,18H,1-3H3,(H2,22,23,24,26). The molecule has 0 saturated carbocycles. The van der Waals surface area contributed by atoms with Crippen molar-refractivity contribution in [3.05, 3.63) is 71.8 Å². The largest absolute Gasteiger partial charge is 0.452 e. The number of hydrogen-bond acceptors (Lipinski definition) is 4. The van der Waals surface area contributed by atoms with Crippen molar-refractivity contribution in [2.24, 2.45) is 0 Å². The number of hydrogen-bond donors (Lipinski definition) is 2. The van der Waals surface area contributed by atoms with E-state index in [0.717, 1.165) is 11.1 Å². The van der Waals surface area contributed by atoms with E-state index in [-0.39, 0.29) is 6.04 Å². The van der Waals surface area contributed by atoms with Gasteiger partial charge in [-0.05, 0) is 31.9 Å². The molecule has 0 bridgehead atoms. The lowest BCUT2D eigenvalue weighted by molar-refractivity contribution is -0.155. The van der Waals surface area contributed by atoms with Crippen LogP contribution in [0.3, 0.4) is 0 Å². The highest BCUT2D eigenvalue weighted by Gasteiger charge is 2.28. The fourth-order valence-electron chi connectivity index (χ4n) is 2.56. The van der Waals surface area contributed by atoms with Gasteiger partial charge in [0.2, 0.25) is 0 Å². The number of imide groups is 1. The van der Waals surface area contributed by atoms with E-state index < -0.39 is 29.9 Å². The molecule has 1 unspecified atom stereocenters. The van der Waals surface area contributed by atoms with Gasteiger partial charge in [-0.15, -0.1) is 0 Å². The van der Waals surface area contributed by atoms with Gasteiger partial charge in [0.05, 0.1) is 0 Å². The molecule has 2 N–H and O–H groups in total. The minimum Gasteiger partial charge on any atom is -0.452 e. The Morgan fingerprint density at radius 1 is 0.815 bits per heavy atom. The van der Waals surface area contributed by atoms with E-state index in [1.165, 1.54) is 6.92 Å². The molecule has 0 heterocycles. The molecule has 2 aromatic carbocycles. The van der Waals surface area contributed by atoms with Crippen LogP contribution in [-0.2, 0) is 14.3 Å². The monoisotopic (exact) mass is 368 g/mol. The van der Waals surface area contributed by atoms with Crippen molar-refractivity contribution in [1.29, 1.82) is 0 Å². The van der Waals surface area contributed by atoms with Crippen molar-refractivity contribution in [2.75, 3.05) is 0 Å². The summed E-state index contributed by atoms with van der Waals surface area (Å²) in [5.41, 5.74) is 1.53. The van der Waals surface area contributed by atoms with Crippen LogP contribution in [-0.4, -0.2) is 30.1 Å². The molecule has 0 aliphatic rings. The average molecular weight is 368 g/mol. The Bertz CT molecular complexity index is 736. The maximum Gasteiger partial charge on any atom is 0.321 e. The lowest BCUT2D eigenvalue weighted by Gasteiger charge is -2.20. The summed E-state index contributed by atoms with van der Waals surface area (Å²) < 4.78 is 5.36. The summed E-state index contributed by atoms with van der Waals surface area (Å²) in [5.74, 6) is -1.90. The number of amides is 3. The molecular weight excluding hydrogens is 344 g/mol. The molecule has 6 nitrogen and oxygen atoms in total. The van der Waals surface area contributed by atoms with Crippen LogP contribution >= 0.6 is 0 Å². The Labute approximate surface area is 158 Å². The third-order valence-corrected chi connectivity index (χ3v) is 3.82. The molecule has 2 rings (SSSR count). The molecule has 1 atom stereocenters. The molecule has 0 saturated heterocycles. The van der Waals surface area contributed by atoms with Crippen LogP contribution in [0.5, 0.6) is 0 Å². The van der Waals surface area contributed by atoms with Gasteiger partial charge in [-0.2, -0.15) is 0 Å². The van der Waals surface area contributed by atoms with Crippen LogP contribution in [0.1, 0.15) is 37.8 Å². The minimum absolute atomic E-state index is 0.115. The maximum absolute atomic E-state index is 12.8. The van der Waals surface area contributed by atoms with E-state index in [4.69, 9.17) is 4.74 Å². The molecule has 0 aliphatic heterocycles. The maximum atomic E-state index is 12.8. The van der Waals surface area contributed by atoms with Gasteiger partial charge in [0, 0.05) is 6.04 Å². The number of esters is 1. The highest BCUT2D eigenvalue weighted by Crippen LogP contribution is 2.26. The van der Waals surface area contributed by atoms with E-state index in [0.29, 0.717) is 0 Å². The molecule has 0 spiro atoms. The Balaban J connectivity index is 2.12. The summed E-state index contributed by atoms with van der Waals surface area (Å²) in [6.45, 7) is 4.98. The number of carbonyl (C=O) groups is 3. The molecule has 3 amide bonds. The number of carbonyl (C=O) groups excluding carboxylic acids is 3. The van der Waals surface area contributed by atoms with Gasteiger partial charge < -0.3 is 10.1 Å². The van der Waals surface area contributed by atoms with Crippen molar-refractivity contribution in [3.63, 3.8) is 0 Å². The van der Waals surface area contributed by atoms with E-state index in [1.54, 1.807) is 13.8 Å². The first-order valence-electron chi connectivity index (χ1n) is 8.80. The summed E-state index contributed by atoms with van der Waals surface area (Å²) >= 11 is 0. The van der Waals surface area contributed by atoms with Gasteiger partial charge >= 0.3 is 12.0 Å². The fraction of sp³-hybridized carbons (Fsp3) is 0.286. The van der Waals surface area contributed by atoms with Crippen LogP contribution in [0.15, 0.2) is 60.7 Å². The molecule has 2 aromatic rings.